The molecule has 2 atom stereocenters. The van der Waals surface area contributed by atoms with Crippen LogP contribution in [0.5, 0.6) is 0 Å². The van der Waals surface area contributed by atoms with E-state index in [1.54, 1.807) is 17.3 Å². The van der Waals surface area contributed by atoms with Gasteiger partial charge in [0.2, 0.25) is 0 Å². The molecule has 0 bridgehead atoms. The molecule has 6 heteroatoms. The Morgan fingerprint density at radius 3 is 2.75 bits per heavy atom. The molecule has 5 nitrogen and oxygen atoms in total. The molecule has 20 heavy (non-hydrogen) atoms. The van der Waals surface area contributed by atoms with E-state index in [2.05, 4.69) is 25.9 Å². The molecule has 1 saturated heterocycles. The maximum Gasteiger partial charge on any atom is 0.410 e. The smallest absolute Gasteiger partial charge is 0.410 e. The summed E-state index contributed by atoms with van der Waals surface area (Å²) in [6, 6.07) is 0.172. The van der Waals surface area contributed by atoms with E-state index in [1.807, 2.05) is 27.7 Å². The fourth-order valence-electron chi connectivity index (χ4n) is 2.23. The van der Waals surface area contributed by atoms with Gasteiger partial charge >= 0.3 is 6.09 Å². The van der Waals surface area contributed by atoms with Crippen molar-refractivity contribution in [3.63, 3.8) is 0 Å². The van der Waals surface area contributed by atoms with Crippen LogP contribution in [0.25, 0.3) is 0 Å². The minimum atomic E-state index is -0.447. The van der Waals surface area contributed by atoms with E-state index in [1.165, 1.54) is 0 Å². The lowest BCUT2D eigenvalue weighted by atomic mass is 9.86. The summed E-state index contributed by atoms with van der Waals surface area (Å²) in [5.74, 6) is 0.408. The van der Waals surface area contributed by atoms with Gasteiger partial charge in [-0.05, 0) is 50.0 Å². The van der Waals surface area contributed by atoms with Gasteiger partial charge in [-0.2, -0.15) is 0 Å². The molecular weight excluding hydrogens is 322 g/mol. The second kappa shape index (κ2) is 5.68. The van der Waals surface area contributed by atoms with Crippen LogP contribution in [-0.4, -0.2) is 39.1 Å². The average molecular weight is 342 g/mol. The summed E-state index contributed by atoms with van der Waals surface area (Å²) in [6.07, 6.45) is 4.03. The number of carbonyl (C=O) groups excluding carboxylic acids is 1. The number of hydrogen-bond acceptors (Lipinski definition) is 4. The normalized spacial score (nSPS) is 22.4. The molecule has 0 spiro atoms. The van der Waals surface area contributed by atoms with E-state index in [-0.39, 0.29) is 12.1 Å². The Morgan fingerprint density at radius 1 is 1.50 bits per heavy atom. The third-order valence-electron chi connectivity index (χ3n) is 3.36. The van der Waals surface area contributed by atoms with Crippen LogP contribution in [0.15, 0.2) is 17.0 Å². The fourth-order valence-corrected chi connectivity index (χ4v) is 2.58. The van der Waals surface area contributed by atoms with Gasteiger partial charge in [0, 0.05) is 24.7 Å². The molecule has 1 amide bonds. The predicted molar refractivity (Wildman–Crippen MR) is 79.3 cm³/mol. The molecule has 1 aromatic heterocycles. The quantitative estimate of drug-likeness (QED) is 0.829. The van der Waals surface area contributed by atoms with Gasteiger partial charge in [-0.25, -0.2) is 9.78 Å². The molecule has 2 unspecified atom stereocenters. The Balaban J connectivity index is 1.89. The monoisotopic (exact) mass is 341 g/mol. The van der Waals surface area contributed by atoms with Crippen LogP contribution in [0.4, 0.5) is 4.79 Å². The Bertz CT molecular complexity index is 501. The first-order chi connectivity index (χ1) is 9.26. The van der Waals surface area contributed by atoms with Crippen molar-refractivity contribution in [3.8, 4) is 0 Å². The van der Waals surface area contributed by atoms with E-state index in [4.69, 9.17) is 4.74 Å². The first-order valence-electron chi connectivity index (χ1n) is 6.72. The third kappa shape index (κ3) is 3.69. The van der Waals surface area contributed by atoms with Crippen LogP contribution in [-0.2, 0) is 11.2 Å². The van der Waals surface area contributed by atoms with Crippen molar-refractivity contribution < 1.29 is 9.53 Å². The van der Waals surface area contributed by atoms with Gasteiger partial charge in [0.1, 0.15) is 10.2 Å². The first kappa shape index (κ1) is 15.2. The SMILES string of the molecule is CC1C(Cc2cncc(Br)n2)CN1C(=O)OC(C)(C)C. The lowest BCUT2D eigenvalue weighted by Crippen LogP contribution is -2.58. The highest BCUT2D eigenvalue weighted by Gasteiger charge is 2.40. The summed E-state index contributed by atoms with van der Waals surface area (Å²) in [5.41, 5.74) is 0.498. The lowest BCUT2D eigenvalue weighted by Gasteiger charge is -2.46. The van der Waals surface area contributed by atoms with Gasteiger partial charge in [0.15, 0.2) is 0 Å². The highest BCUT2D eigenvalue weighted by molar-refractivity contribution is 9.10. The zero-order valence-electron chi connectivity index (χ0n) is 12.3. The Labute approximate surface area is 127 Å². The van der Waals surface area contributed by atoms with Crippen molar-refractivity contribution in [2.24, 2.45) is 5.92 Å². The number of rotatable bonds is 2. The zero-order chi connectivity index (χ0) is 14.9. The minimum absolute atomic E-state index is 0.172. The summed E-state index contributed by atoms with van der Waals surface area (Å²) >= 11 is 3.32. The molecule has 1 aliphatic heterocycles. The van der Waals surface area contributed by atoms with E-state index < -0.39 is 5.60 Å². The summed E-state index contributed by atoms with van der Waals surface area (Å²) < 4.78 is 6.12. The van der Waals surface area contributed by atoms with Crippen molar-refractivity contribution in [2.75, 3.05) is 6.54 Å². The summed E-state index contributed by atoms with van der Waals surface area (Å²) in [7, 11) is 0. The highest BCUT2D eigenvalue weighted by Crippen LogP contribution is 2.29. The summed E-state index contributed by atoms with van der Waals surface area (Å²) in [4.78, 5) is 22.2. The number of hydrogen-bond donors (Lipinski definition) is 0. The topological polar surface area (TPSA) is 55.3 Å². The molecule has 0 aliphatic carbocycles. The van der Waals surface area contributed by atoms with E-state index in [9.17, 15) is 4.79 Å². The molecule has 0 aromatic carbocycles. The molecular formula is C14H20BrN3O2. The van der Waals surface area contributed by atoms with Crippen LogP contribution in [0.3, 0.4) is 0 Å². The number of carbonyl (C=O) groups is 1. The van der Waals surface area contributed by atoms with E-state index in [0.717, 1.165) is 16.7 Å². The molecule has 1 aliphatic rings. The lowest BCUT2D eigenvalue weighted by molar-refractivity contribution is -0.0249. The minimum Gasteiger partial charge on any atom is -0.444 e. The molecule has 0 radical (unpaired) electrons. The van der Waals surface area contributed by atoms with Crippen LogP contribution < -0.4 is 0 Å². The largest absolute Gasteiger partial charge is 0.444 e. The second-order valence-corrected chi connectivity index (χ2v) is 6.98. The molecule has 2 heterocycles. The molecule has 1 aromatic rings. The maximum absolute atomic E-state index is 12.0. The molecule has 1 fully saturated rings. The Morgan fingerprint density at radius 2 is 2.20 bits per heavy atom. The zero-order valence-corrected chi connectivity index (χ0v) is 13.8. The van der Waals surface area contributed by atoms with Gasteiger partial charge in [-0.3, -0.25) is 4.98 Å². The Kier molecular flexibility index (Phi) is 4.32. The van der Waals surface area contributed by atoms with Crippen LogP contribution in [0.1, 0.15) is 33.4 Å². The van der Waals surface area contributed by atoms with Gasteiger partial charge in [-0.15, -0.1) is 0 Å². The number of aromatic nitrogens is 2. The van der Waals surface area contributed by atoms with Crippen molar-refractivity contribution in [1.29, 1.82) is 0 Å². The van der Waals surface area contributed by atoms with Crippen molar-refractivity contribution in [2.45, 2.75) is 45.8 Å². The molecule has 0 saturated carbocycles. The second-order valence-electron chi connectivity index (χ2n) is 6.17. The molecule has 110 valence electrons. The molecule has 0 N–H and O–H groups in total. The first-order valence-corrected chi connectivity index (χ1v) is 7.51. The number of ether oxygens (including phenoxy) is 1. The number of nitrogens with zero attached hydrogens (tertiary/aromatic N) is 3. The summed E-state index contributed by atoms with van der Waals surface area (Å²) in [5, 5.41) is 0. The van der Waals surface area contributed by atoms with Crippen LogP contribution in [0, 0.1) is 5.92 Å². The maximum atomic E-state index is 12.0. The number of likely N-dealkylation sites (tertiary alicyclic amines) is 1. The average Bonchev–Trinajstić information content (AvgIpc) is 2.31. The Hall–Kier alpha value is -1.17. The van der Waals surface area contributed by atoms with Gasteiger partial charge in [0.25, 0.3) is 0 Å². The highest BCUT2D eigenvalue weighted by atomic mass is 79.9. The standard InChI is InChI=1S/C14H20BrN3O2/c1-9-10(5-11-6-16-7-12(15)17-11)8-18(9)13(19)20-14(2,3)4/h6-7,9-10H,5,8H2,1-4H3. The number of amides is 1. The molecule has 2 rings (SSSR count). The summed E-state index contributed by atoms with van der Waals surface area (Å²) in [6.45, 7) is 8.39. The van der Waals surface area contributed by atoms with Crippen molar-refractivity contribution in [1.82, 2.24) is 14.9 Å². The van der Waals surface area contributed by atoms with Crippen molar-refractivity contribution >= 4 is 22.0 Å². The third-order valence-corrected chi connectivity index (χ3v) is 3.74. The predicted octanol–water partition coefficient (Wildman–Crippen LogP) is 3.04. The number of halogens is 1. The van der Waals surface area contributed by atoms with Crippen LogP contribution >= 0.6 is 15.9 Å². The van der Waals surface area contributed by atoms with Gasteiger partial charge in [-0.1, -0.05) is 0 Å². The van der Waals surface area contributed by atoms with Gasteiger partial charge < -0.3 is 9.64 Å². The van der Waals surface area contributed by atoms with E-state index >= 15 is 0 Å². The van der Waals surface area contributed by atoms with Crippen molar-refractivity contribution in [3.05, 3.63) is 22.7 Å². The van der Waals surface area contributed by atoms with Gasteiger partial charge in [0.05, 0.1) is 11.9 Å². The van der Waals surface area contributed by atoms with Crippen LogP contribution in [0.2, 0.25) is 0 Å². The van der Waals surface area contributed by atoms with E-state index in [0.29, 0.717) is 12.5 Å². The fraction of sp³-hybridized carbons (Fsp3) is 0.643.